The monoisotopic (exact) mass is 308 g/mol. The summed E-state index contributed by atoms with van der Waals surface area (Å²) in [6, 6.07) is 8.26. The minimum atomic E-state index is -3.18. The maximum absolute atomic E-state index is 12.2. The third-order valence-electron chi connectivity index (χ3n) is 4.80. The summed E-state index contributed by atoms with van der Waals surface area (Å²) in [6.07, 6.45) is 4.91. The predicted molar refractivity (Wildman–Crippen MR) is 85.4 cm³/mol. The average molecular weight is 308 g/mol. The van der Waals surface area contributed by atoms with Crippen molar-refractivity contribution < 1.29 is 8.42 Å². The molecule has 2 atom stereocenters. The molecule has 2 heterocycles. The number of anilines is 1. The van der Waals surface area contributed by atoms with Crippen LogP contribution in [-0.4, -0.2) is 44.2 Å². The SMILES string of the molecule is CCS(=O)(=O)c1ccccc1NC1CCN2CCCCC12. The van der Waals surface area contributed by atoms with Crippen LogP contribution in [0.4, 0.5) is 5.69 Å². The highest BCUT2D eigenvalue weighted by molar-refractivity contribution is 7.91. The first-order valence-corrected chi connectivity index (χ1v) is 9.59. The minimum absolute atomic E-state index is 0.145. The van der Waals surface area contributed by atoms with Crippen LogP contribution in [-0.2, 0) is 9.84 Å². The Morgan fingerprint density at radius 3 is 2.81 bits per heavy atom. The van der Waals surface area contributed by atoms with Gasteiger partial charge in [-0.15, -0.1) is 0 Å². The van der Waals surface area contributed by atoms with E-state index in [4.69, 9.17) is 0 Å². The summed E-state index contributed by atoms with van der Waals surface area (Å²) in [6.45, 7) is 4.02. The van der Waals surface area contributed by atoms with E-state index in [2.05, 4.69) is 10.2 Å². The second kappa shape index (κ2) is 5.97. The lowest BCUT2D eigenvalue weighted by atomic mass is 9.99. The summed E-state index contributed by atoms with van der Waals surface area (Å²) < 4.78 is 24.5. The van der Waals surface area contributed by atoms with Gasteiger partial charge in [-0.05, 0) is 37.9 Å². The minimum Gasteiger partial charge on any atom is -0.380 e. The van der Waals surface area contributed by atoms with Crippen molar-refractivity contribution in [3.05, 3.63) is 24.3 Å². The van der Waals surface area contributed by atoms with Crippen molar-refractivity contribution in [3.8, 4) is 0 Å². The molecule has 4 nitrogen and oxygen atoms in total. The highest BCUT2D eigenvalue weighted by Crippen LogP contribution is 2.31. The van der Waals surface area contributed by atoms with Gasteiger partial charge in [-0.3, -0.25) is 4.90 Å². The van der Waals surface area contributed by atoms with Crippen molar-refractivity contribution >= 4 is 15.5 Å². The molecule has 1 aromatic carbocycles. The van der Waals surface area contributed by atoms with Crippen LogP contribution in [0, 0.1) is 0 Å². The summed E-state index contributed by atoms with van der Waals surface area (Å²) in [5.41, 5.74) is 0.775. The van der Waals surface area contributed by atoms with E-state index < -0.39 is 9.84 Å². The number of nitrogens with zero attached hydrogens (tertiary/aromatic N) is 1. The fraction of sp³-hybridized carbons (Fsp3) is 0.625. The van der Waals surface area contributed by atoms with Gasteiger partial charge in [0.25, 0.3) is 0 Å². The van der Waals surface area contributed by atoms with Crippen LogP contribution >= 0.6 is 0 Å². The lowest BCUT2D eigenvalue weighted by Crippen LogP contribution is -2.41. The molecule has 0 spiro atoms. The summed E-state index contributed by atoms with van der Waals surface area (Å²) in [4.78, 5) is 3.00. The Morgan fingerprint density at radius 2 is 2.00 bits per heavy atom. The Bertz CT molecular complexity index is 600. The number of nitrogens with one attached hydrogen (secondary N) is 1. The molecule has 5 heteroatoms. The molecule has 21 heavy (non-hydrogen) atoms. The number of hydrogen-bond acceptors (Lipinski definition) is 4. The summed E-state index contributed by atoms with van der Waals surface area (Å²) in [7, 11) is -3.18. The second-order valence-corrected chi connectivity index (χ2v) is 8.28. The number of hydrogen-bond donors (Lipinski definition) is 1. The van der Waals surface area contributed by atoms with Crippen LogP contribution < -0.4 is 5.32 Å². The molecule has 0 aromatic heterocycles. The van der Waals surface area contributed by atoms with Gasteiger partial charge in [0.2, 0.25) is 0 Å². The molecule has 3 rings (SSSR count). The molecule has 2 saturated heterocycles. The smallest absolute Gasteiger partial charge is 0.180 e. The van der Waals surface area contributed by atoms with Crippen molar-refractivity contribution in [2.75, 3.05) is 24.2 Å². The molecule has 1 aromatic rings. The summed E-state index contributed by atoms with van der Waals surface area (Å²) in [5, 5.41) is 3.53. The standard InChI is InChI=1S/C16H24N2O2S/c1-2-21(19,20)16-9-4-3-7-14(16)17-13-10-12-18-11-6-5-8-15(13)18/h3-4,7,9,13,15,17H,2,5-6,8,10-12H2,1H3. The zero-order valence-electron chi connectivity index (χ0n) is 12.6. The summed E-state index contributed by atoms with van der Waals surface area (Å²) in [5.74, 6) is 0.145. The molecule has 116 valence electrons. The highest BCUT2D eigenvalue weighted by Gasteiger charge is 2.35. The molecule has 2 unspecified atom stereocenters. The van der Waals surface area contributed by atoms with Gasteiger partial charge in [-0.1, -0.05) is 25.5 Å². The molecular formula is C16H24N2O2S. The van der Waals surface area contributed by atoms with Gasteiger partial charge in [-0.25, -0.2) is 8.42 Å². The predicted octanol–water partition coefficient (Wildman–Crippen LogP) is 2.52. The number of para-hydroxylation sites is 1. The first-order valence-electron chi connectivity index (χ1n) is 7.94. The number of sulfone groups is 1. The van der Waals surface area contributed by atoms with Gasteiger partial charge in [0, 0.05) is 18.6 Å². The molecule has 0 bridgehead atoms. The maximum Gasteiger partial charge on any atom is 0.180 e. The maximum atomic E-state index is 12.2. The van der Waals surface area contributed by atoms with Gasteiger partial charge in [0.15, 0.2) is 9.84 Å². The van der Waals surface area contributed by atoms with Gasteiger partial charge in [-0.2, -0.15) is 0 Å². The molecule has 0 aliphatic carbocycles. The lowest BCUT2D eigenvalue weighted by Gasteiger charge is -2.33. The van der Waals surface area contributed by atoms with E-state index in [1.807, 2.05) is 12.1 Å². The molecule has 2 fully saturated rings. The Morgan fingerprint density at radius 1 is 1.19 bits per heavy atom. The van der Waals surface area contributed by atoms with Crippen molar-refractivity contribution in [1.82, 2.24) is 4.90 Å². The van der Waals surface area contributed by atoms with Crippen molar-refractivity contribution in [1.29, 1.82) is 0 Å². The van der Waals surface area contributed by atoms with Crippen LogP contribution in [0.1, 0.15) is 32.6 Å². The quantitative estimate of drug-likeness (QED) is 0.928. The third-order valence-corrected chi connectivity index (χ3v) is 6.59. The topological polar surface area (TPSA) is 49.4 Å². The van der Waals surface area contributed by atoms with E-state index in [-0.39, 0.29) is 5.75 Å². The number of fused-ring (bicyclic) bond motifs is 1. The van der Waals surface area contributed by atoms with Crippen molar-refractivity contribution in [3.63, 3.8) is 0 Å². The Kier molecular flexibility index (Phi) is 4.22. The van der Waals surface area contributed by atoms with Crippen molar-refractivity contribution in [2.45, 2.75) is 49.6 Å². The largest absolute Gasteiger partial charge is 0.380 e. The van der Waals surface area contributed by atoms with Crippen LogP contribution in [0.25, 0.3) is 0 Å². The third kappa shape index (κ3) is 2.94. The van der Waals surface area contributed by atoms with E-state index in [1.165, 1.54) is 25.8 Å². The number of rotatable bonds is 4. The molecule has 0 saturated carbocycles. The zero-order chi connectivity index (χ0) is 14.9. The van der Waals surface area contributed by atoms with Crippen molar-refractivity contribution in [2.24, 2.45) is 0 Å². The second-order valence-electron chi connectivity index (χ2n) is 6.04. The Balaban J connectivity index is 1.82. The molecule has 0 radical (unpaired) electrons. The molecular weight excluding hydrogens is 284 g/mol. The molecule has 1 N–H and O–H groups in total. The first kappa shape index (κ1) is 14.9. The number of benzene rings is 1. The van der Waals surface area contributed by atoms with Gasteiger partial charge >= 0.3 is 0 Å². The van der Waals surface area contributed by atoms with Crippen LogP contribution in [0.15, 0.2) is 29.2 Å². The average Bonchev–Trinajstić information content (AvgIpc) is 2.91. The van der Waals surface area contributed by atoms with E-state index in [0.717, 1.165) is 18.7 Å². The van der Waals surface area contributed by atoms with E-state index in [9.17, 15) is 8.42 Å². The van der Waals surface area contributed by atoms with Gasteiger partial charge < -0.3 is 5.32 Å². The summed E-state index contributed by atoms with van der Waals surface area (Å²) >= 11 is 0. The Labute approximate surface area is 127 Å². The van der Waals surface area contributed by atoms with Crippen LogP contribution in [0.5, 0.6) is 0 Å². The van der Waals surface area contributed by atoms with Gasteiger partial charge in [0.05, 0.1) is 16.3 Å². The molecule has 2 aliphatic rings. The zero-order valence-corrected chi connectivity index (χ0v) is 13.4. The molecule has 2 aliphatic heterocycles. The lowest BCUT2D eigenvalue weighted by molar-refractivity contribution is 0.192. The van der Waals surface area contributed by atoms with Crippen LogP contribution in [0.3, 0.4) is 0 Å². The number of piperidine rings is 1. The molecule has 0 amide bonds. The van der Waals surface area contributed by atoms with Gasteiger partial charge in [0.1, 0.15) is 0 Å². The van der Waals surface area contributed by atoms with Crippen LogP contribution in [0.2, 0.25) is 0 Å². The first-order chi connectivity index (χ1) is 10.1. The Hall–Kier alpha value is -1.07. The fourth-order valence-electron chi connectivity index (χ4n) is 3.63. The highest BCUT2D eigenvalue weighted by atomic mass is 32.2. The fourth-order valence-corrected chi connectivity index (χ4v) is 4.69. The normalized spacial score (nSPS) is 26.5. The van der Waals surface area contributed by atoms with E-state index >= 15 is 0 Å². The van der Waals surface area contributed by atoms with E-state index in [1.54, 1.807) is 19.1 Å². The van der Waals surface area contributed by atoms with E-state index in [0.29, 0.717) is 17.0 Å².